The SMILES string of the molecule is [CH3][Al]([CH3])[C](c1ccccn1)([Sb]([CH3])[C](c1ccccn1)([Si](C)(C)C)[Si](C)(C)C)[Si](C)(C)C. The zero-order valence-electron chi connectivity index (χ0n) is 22.0. The van der Waals surface area contributed by atoms with E-state index in [1.165, 1.54) is 11.4 Å². The van der Waals surface area contributed by atoms with Crippen LogP contribution in [0.15, 0.2) is 48.8 Å². The molecule has 0 aromatic carbocycles. The molecule has 2 heterocycles. The van der Waals surface area contributed by atoms with Crippen molar-refractivity contribution in [1.29, 1.82) is 0 Å². The van der Waals surface area contributed by atoms with Gasteiger partial charge in [0, 0.05) is 0 Å². The van der Waals surface area contributed by atoms with Crippen molar-refractivity contribution in [2.45, 2.75) is 79.8 Å². The van der Waals surface area contributed by atoms with Gasteiger partial charge in [-0.05, 0) is 0 Å². The molecule has 0 spiro atoms. The van der Waals surface area contributed by atoms with Gasteiger partial charge in [-0.2, -0.15) is 0 Å². The Morgan fingerprint density at radius 2 is 1.10 bits per heavy atom. The Hall–Kier alpha value is 0.301. The fourth-order valence-corrected chi connectivity index (χ4v) is 75.1. The van der Waals surface area contributed by atoms with Gasteiger partial charge in [0.1, 0.15) is 0 Å². The van der Waals surface area contributed by atoms with Crippen LogP contribution in [-0.4, -0.2) is 68.5 Å². The van der Waals surface area contributed by atoms with Gasteiger partial charge < -0.3 is 0 Å². The molecule has 0 aliphatic heterocycles. The summed E-state index contributed by atoms with van der Waals surface area (Å²) in [5, 5.41) is 0. The van der Waals surface area contributed by atoms with Gasteiger partial charge in [0.15, 0.2) is 0 Å². The van der Waals surface area contributed by atoms with E-state index >= 15 is 0 Å². The second-order valence-electron chi connectivity index (χ2n) is 12.4. The number of pyridine rings is 2. The van der Waals surface area contributed by atoms with Crippen LogP contribution in [0.5, 0.6) is 0 Å². The van der Waals surface area contributed by atoms with Crippen LogP contribution in [0.25, 0.3) is 0 Å². The number of nitrogens with zero attached hydrogens (tertiary/aromatic N) is 2. The molecule has 170 valence electrons. The molecule has 2 nitrogen and oxygen atoms in total. The predicted molar refractivity (Wildman–Crippen MR) is 151 cm³/mol. The zero-order chi connectivity index (χ0) is 23.9. The van der Waals surface area contributed by atoms with E-state index in [1.54, 1.807) is 0 Å². The van der Waals surface area contributed by atoms with Crippen LogP contribution in [-0.2, 0) is 4.45 Å². The molecule has 1 unspecified atom stereocenters. The van der Waals surface area contributed by atoms with E-state index in [-0.39, 0.29) is 0 Å². The standard InChI is InChI=1S/C12H22NSi2.C9H13NSi.3CH3.Al.Sb/c1-14(2,3)12(15(4,5)6)11-9-7-8-10-13-11;1-11(2,3)8-9-6-4-5-7-10-9;;;;;/h7-10H,1-6H3;4-7H,1-3H3;3*1H3;;. The van der Waals surface area contributed by atoms with Crippen molar-refractivity contribution in [2.24, 2.45) is 0 Å². The topological polar surface area (TPSA) is 25.8 Å². The van der Waals surface area contributed by atoms with Crippen molar-refractivity contribution in [3.05, 3.63) is 60.2 Å². The first-order valence-electron chi connectivity index (χ1n) is 11.6. The summed E-state index contributed by atoms with van der Waals surface area (Å²) in [4.78, 5) is 13.1. The third-order valence-corrected chi connectivity index (χ3v) is 63.7. The Bertz CT molecular complexity index is 844. The first-order valence-corrected chi connectivity index (χ1v) is 30.1. The molecule has 7 heteroatoms. The molecule has 0 N–H and O–H groups in total. The van der Waals surface area contributed by atoms with Gasteiger partial charge in [-0.1, -0.05) is 0 Å². The fourth-order valence-electron chi connectivity index (χ4n) is 7.11. The average Bonchev–Trinajstić information content (AvgIpc) is 2.60. The van der Waals surface area contributed by atoms with Gasteiger partial charge >= 0.3 is 209 Å². The first-order chi connectivity index (χ1) is 14.1. The molecule has 1 atom stereocenters. The molecular weight excluding hydrogens is 549 g/mol. The summed E-state index contributed by atoms with van der Waals surface area (Å²) < 4.78 is 0.703. The van der Waals surface area contributed by atoms with Gasteiger partial charge in [0.25, 0.3) is 0 Å². The molecule has 0 saturated heterocycles. The van der Waals surface area contributed by atoms with E-state index in [0.29, 0.717) is 4.45 Å². The van der Waals surface area contributed by atoms with Crippen LogP contribution in [0.4, 0.5) is 0 Å². The summed E-state index contributed by atoms with van der Waals surface area (Å²) in [6.07, 6.45) is 4.11. The maximum atomic E-state index is 5.18. The first kappa shape index (κ1) is 27.5. The molecule has 2 rings (SSSR count). The van der Waals surface area contributed by atoms with E-state index in [9.17, 15) is 0 Å². The Morgan fingerprint density at radius 1 is 0.677 bits per heavy atom. The zero-order valence-corrected chi connectivity index (χ0v) is 28.7. The van der Waals surface area contributed by atoms with Crippen molar-refractivity contribution in [1.82, 2.24) is 9.97 Å². The van der Waals surface area contributed by atoms with Gasteiger partial charge in [-0.15, -0.1) is 0 Å². The molecule has 0 bridgehead atoms. The maximum absolute atomic E-state index is 5.18. The average molecular weight is 594 g/mol. The molecule has 31 heavy (non-hydrogen) atoms. The Kier molecular flexibility index (Phi) is 8.45. The summed E-state index contributed by atoms with van der Waals surface area (Å²) in [6.45, 7) is 23.8. The minimum atomic E-state index is -2.10. The monoisotopic (exact) mass is 592 g/mol. The van der Waals surface area contributed by atoms with Gasteiger partial charge in [0.2, 0.25) is 0 Å². The molecule has 2 aromatic rings. The summed E-state index contributed by atoms with van der Waals surface area (Å²) >= 11 is -3.20. The van der Waals surface area contributed by atoms with Gasteiger partial charge in [-0.3, -0.25) is 0 Å². The van der Waals surface area contributed by atoms with Crippen molar-refractivity contribution in [3.8, 4) is 0 Å². The second-order valence-corrected chi connectivity index (χ2v) is 44.7. The fraction of sp³-hybridized carbons (Fsp3) is 0.583. The number of rotatable bonds is 8. The number of hydrogen-bond acceptors (Lipinski definition) is 2. The number of hydrogen-bond donors (Lipinski definition) is 0. The third kappa shape index (κ3) is 4.52. The van der Waals surface area contributed by atoms with Crippen molar-refractivity contribution in [3.63, 3.8) is 0 Å². The van der Waals surface area contributed by atoms with E-state index in [4.69, 9.17) is 9.97 Å². The van der Waals surface area contributed by atoms with Gasteiger partial charge in [-0.25, -0.2) is 0 Å². The predicted octanol–water partition coefficient (Wildman–Crippen LogP) is 6.78. The van der Waals surface area contributed by atoms with Crippen LogP contribution in [0.2, 0.25) is 75.4 Å². The summed E-state index contributed by atoms with van der Waals surface area (Å²) in [5.41, 5.74) is 2.88. The molecule has 0 aliphatic rings. The Morgan fingerprint density at radius 3 is 1.39 bits per heavy atom. The van der Waals surface area contributed by atoms with Crippen molar-refractivity contribution in [2.75, 3.05) is 0 Å². The number of aromatic nitrogens is 2. The van der Waals surface area contributed by atoms with Crippen LogP contribution in [0.1, 0.15) is 11.4 Å². The van der Waals surface area contributed by atoms with E-state index in [2.05, 4.69) is 124 Å². The Labute approximate surface area is 207 Å². The molecule has 0 saturated carbocycles. The Balaban J connectivity index is 3.09. The van der Waals surface area contributed by atoms with E-state index in [0.717, 1.165) is 0 Å². The second kappa shape index (κ2) is 9.51. The van der Waals surface area contributed by atoms with E-state index in [1.807, 2.05) is 0 Å². The minimum absolute atomic E-state index is 0.332. The van der Waals surface area contributed by atoms with E-state index < -0.39 is 58.6 Å². The van der Waals surface area contributed by atoms with Crippen LogP contribution < -0.4 is 0 Å². The molecule has 0 aliphatic carbocycles. The normalized spacial score (nSPS) is 15.6. The van der Waals surface area contributed by atoms with Crippen molar-refractivity contribution >= 4 is 58.6 Å². The molecule has 0 fully saturated rings. The molecule has 0 amide bonds. The molecule has 2 aromatic heterocycles. The summed E-state index contributed by atoms with van der Waals surface area (Å²) in [5.74, 6) is 5.26. The van der Waals surface area contributed by atoms with Crippen LogP contribution in [0, 0.1) is 0 Å². The van der Waals surface area contributed by atoms with Crippen LogP contribution >= 0.6 is 0 Å². The van der Waals surface area contributed by atoms with Crippen LogP contribution in [0.3, 0.4) is 0 Å². The quantitative estimate of drug-likeness (QED) is 0.316. The third-order valence-electron chi connectivity index (χ3n) is 7.27. The van der Waals surface area contributed by atoms with Crippen molar-refractivity contribution < 1.29 is 0 Å². The summed E-state index contributed by atoms with van der Waals surface area (Å²) in [6, 6.07) is 13.5. The molecule has 0 radical (unpaired) electrons. The molecular formula is C24H44AlN2SbSi3. The van der Waals surface area contributed by atoms with Gasteiger partial charge in [0.05, 0.1) is 0 Å². The summed E-state index contributed by atoms with van der Waals surface area (Å²) in [7, 11) is -4.90.